The van der Waals surface area contributed by atoms with Crippen molar-refractivity contribution in [2.45, 2.75) is 21.3 Å². The van der Waals surface area contributed by atoms with Crippen molar-refractivity contribution in [1.29, 1.82) is 0 Å². The second-order valence-corrected chi connectivity index (χ2v) is 6.91. The van der Waals surface area contributed by atoms with Crippen molar-refractivity contribution in [1.82, 2.24) is 20.1 Å². The number of aromatic nitrogens is 3. The Kier molecular flexibility index (Phi) is 7.00. The number of halogens is 2. The molecule has 3 rings (SSSR count). The van der Waals surface area contributed by atoms with E-state index >= 15 is 0 Å². The van der Waals surface area contributed by atoms with Crippen molar-refractivity contribution in [2.75, 3.05) is 12.4 Å². The average molecular weight is 434 g/mol. The van der Waals surface area contributed by atoms with Crippen LogP contribution < -0.4 is 10.6 Å². The lowest BCUT2D eigenvalue weighted by atomic mass is 10.1. The Morgan fingerprint density at radius 1 is 1.07 bits per heavy atom. The normalized spacial score (nSPS) is 10.2. The van der Waals surface area contributed by atoms with Crippen molar-refractivity contribution in [3.8, 4) is 5.82 Å². The van der Waals surface area contributed by atoms with E-state index in [9.17, 15) is 9.59 Å². The van der Waals surface area contributed by atoms with Crippen molar-refractivity contribution in [2.24, 2.45) is 0 Å². The number of amides is 2. The number of aryl methyl sites for hydroxylation is 2. The molecule has 2 amide bonds. The van der Waals surface area contributed by atoms with Gasteiger partial charge in [-0.2, -0.15) is 5.10 Å². The third-order valence-electron chi connectivity index (χ3n) is 4.11. The first-order chi connectivity index (χ1) is 13.3. The molecule has 152 valence electrons. The molecule has 0 aliphatic carbocycles. The maximum absolute atomic E-state index is 13.0. The molecular formula is C20H21Cl2N5O2. The molecular weight excluding hydrogens is 413 g/mol. The lowest BCUT2D eigenvalue weighted by molar-refractivity contribution is 0.0964. The molecule has 0 unspecified atom stereocenters. The van der Waals surface area contributed by atoms with Gasteiger partial charge in [-0.15, -0.1) is 0 Å². The highest BCUT2D eigenvalue weighted by atomic mass is 35.5. The van der Waals surface area contributed by atoms with Gasteiger partial charge in [0.15, 0.2) is 11.0 Å². The van der Waals surface area contributed by atoms with Gasteiger partial charge in [0.1, 0.15) is 5.69 Å². The summed E-state index contributed by atoms with van der Waals surface area (Å²) in [5.74, 6) is -0.369. The van der Waals surface area contributed by atoms with Crippen LogP contribution in [0.5, 0.6) is 0 Å². The second kappa shape index (κ2) is 9.07. The number of hydrogen-bond donors (Lipinski definition) is 2. The largest absolute Gasteiger partial charge is 0.355 e. The van der Waals surface area contributed by atoms with Gasteiger partial charge < -0.3 is 10.6 Å². The number of hydrogen-bond acceptors (Lipinski definition) is 4. The zero-order valence-electron chi connectivity index (χ0n) is 15.4. The van der Waals surface area contributed by atoms with Gasteiger partial charge >= 0.3 is 0 Å². The van der Waals surface area contributed by atoms with Gasteiger partial charge in [-0.25, -0.2) is 9.67 Å². The average Bonchev–Trinajstić information content (AvgIpc) is 3.05. The van der Waals surface area contributed by atoms with Gasteiger partial charge in [-0.3, -0.25) is 9.59 Å². The first-order valence-electron chi connectivity index (χ1n) is 8.33. The third-order valence-corrected chi connectivity index (χ3v) is 4.51. The van der Waals surface area contributed by atoms with E-state index in [0.717, 1.165) is 5.56 Å². The number of pyridine rings is 1. The number of rotatable bonds is 4. The molecule has 0 radical (unpaired) electrons. The molecule has 7 nitrogen and oxygen atoms in total. The Bertz CT molecular complexity index is 1080. The molecule has 0 aliphatic rings. The van der Waals surface area contributed by atoms with Gasteiger partial charge in [0.25, 0.3) is 11.8 Å². The molecule has 2 N–H and O–H groups in total. The minimum absolute atomic E-state index is 0. The molecule has 0 aliphatic heterocycles. The number of anilines is 1. The summed E-state index contributed by atoms with van der Waals surface area (Å²) in [6.07, 6.45) is 1.60. The predicted molar refractivity (Wildman–Crippen MR) is 115 cm³/mol. The molecule has 1 aromatic carbocycles. The van der Waals surface area contributed by atoms with E-state index in [1.54, 1.807) is 25.3 Å². The van der Waals surface area contributed by atoms with E-state index in [4.69, 9.17) is 23.2 Å². The Labute approximate surface area is 179 Å². The zero-order chi connectivity index (χ0) is 20.4. The fraction of sp³-hybridized carbons (Fsp3) is 0.200. The van der Waals surface area contributed by atoms with Crippen LogP contribution in [-0.4, -0.2) is 33.6 Å². The summed E-state index contributed by atoms with van der Waals surface area (Å²) in [5, 5.41) is 10.0. The Hall–Kier alpha value is -2.90. The highest BCUT2D eigenvalue weighted by molar-refractivity contribution is 6.31. The van der Waals surface area contributed by atoms with Crippen LogP contribution in [0.4, 0.5) is 5.69 Å². The maximum Gasteiger partial charge on any atom is 0.274 e. The third kappa shape index (κ3) is 4.58. The molecule has 2 heterocycles. The molecule has 2 aromatic heterocycles. The number of carbonyl (C=O) groups is 2. The van der Waals surface area contributed by atoms with E-state index in [-0.39, 0.29) is 29.7 Å². The summed E-state index contributed by atoms with van der Waals surface area (Å²) in [4.78, 5) is 29.5. The summed E-state index contributed by atoms with van der Waals surface area (Å²) < 4.78 is 1.37. The Balaban J connectivity index is 0.00000300. The SMILES string of the molecule is C.CNC(=O)c1cc(Cl)cc(C)c1NC(=O)c1cc(Cl)nn1-c1ncccc1C. The lowest BCUT2D eigenvalue weighted by Gasteiger charge is -2.14. The van der Waals surface area contributed by atoms with Crippen LogP contribution in [0.3, 0.4) is 0 Å². The molecule has 0 spiro atoms. The second-order valence-electron chi connectivity index (χ2n) is 6.09. The van der Waals surface area contributed by atoms with E-state index in [1.807, 2.05) is 13.0 Å². The quantitative estimate of drug-likeness (QED) is 0.636. The molecule has 0 saturated heterocycles. The van der Waals surface area contributed by atoms with E-state index < -0.39 is 5.91 Å². The summed E-state index contributed by atoms with van der Waals surface area (Å²) in [6, 6.07) is 8.24. The van der Waals surface area contributed by atoms with Gasteiger partial charge in [-0.05, 0) is 43.2 Å². The van der Waals surface area contributed by atoms with Gasteiger partial charge in [0, 0.05) is 24.3 Å². The summed E-state index contributed by atoms with van der Waals surface area (Å²) in [5.41, 5.74) is 2.27. The maximum atomic E-state index is 13.0. The number of nitrogens with one attached hydrogen (secondary N) is 2. The van der Waals surface area contributed by atoms with Crippen LogP contribution in [0.2, 0.25) is 10.2 Å². The van der Waals surface area contributed by atoms with Gasteiger partial charge in [-0.1, -0.05) is 36.7 Å². The highest BCUT2D eigenvalue weighted by Crippen LogP contribution is 2.27. The van der Waals surface area contributed by atoms with Crippen LogP contribution in [-0.2, 0) is 0 Å². The number of carbonyl (C=O) groups excluding carboxylic acids is 2. The minimum atomic E-state index is -0.486. The Morgan fingerprint density at radius 3 is 2.45 bits per heavy atom. The van der Waals surface area contributed by atoms with Crippen molar-refractivity contribution in [3.05, 3.63) is 69.1 Å². The topological polar surface area (TPSA) is 88.9 Å². The van der Waals surface area contributed by atoms with Gasteiger partial charge in [0.2, 0.25) is 0 Å². The fourth-order valence-electron chi connectivity index (χ4n) is 2.77. The van der Waals surface area contributed by atoms with E-state index in [0.29, 0.717) is 22.1 Å². The molecule has 3 aromatic rings. The molecule has 0 atom stereocenters. The minimum Gasteiger partial charge on any atom is -0.355 e. The molecule has 0 fully saturated rings. The predicted octanol–water partition coefficient (Wildman–Crippen LogP) is 4.44. The summed E-state index contributed by atoms with van der Waals surface area (Å²) >= 11 is 12.1. The highest BCUT2D eigenvalue weighted by Gasteiger charge is 2.21. The van der Waals surface area contributed by atoms with E-state index in [2.05, 4.69) is 20.7 Å². The monoisotopic (exact) mass is 433 g/mol. The first kappa shape index (κ1) is 22.4. The first-order valence-corrected chi connectivity index (χ1v) is 9.08. The van der Waals surface area contributed by atoms with Crippen molar-refractivity contribution in [3.63, 3.8) is 0 Å². The summed E-state index contributed by atoms with van der Waals surface area (Å²) in [6.45, 7) is 3.60. The van der Waals surface area contributed by atoms with Gasteiger partial charge in [0.05, 0.1) is 11.3 Å². The molecule has 0 bridgehead atoms. The number of nitrogens with zero attached hydrogens (tertiary/aromatic N) is 3. The molecule has 0 saturated carbocycles. The molecule has 9 heteroatoms. The van der Waals surface area contributed by atoms with Crippen LogP contribution >= 0.6 is 23.2 Å². The fourth-order valence-corrected chi connectivity index (χ4v) is 3.23. The van der Waals surface area contributed by atoms with E-state index in [1.165, 1.54) is 23.9 Å². The standard InChI is InChI=1S/C19H17Cl2N5O2.CH4/c1-10-5-4-6-23-17(10)26-14(9-15(21)25-26)19(28)24-16-11(2)7-12(20)8-13(16)18(27)22-3;/h4-9H,1-3H3,(H,22,27)(H,24,28);1H4. The van der Waals surface area contributed by atoms with Crippen LogP contribution in [0, 0.1) is 13.8 Å². The zero-order valence-corrected chi connectivity index (χ0v) is 16.9. The summed E-state index contributed by atoms with van der Waals surface area (Å²) in [7, 11) is 1.50. The number of benzene rings is 1. The van der Waals surface area contributed by atoms with Crippen LogP contribution in [0.25, 0.3) is 5.82 Å². The smallest absolute Gasteiger partial charge is 0.274 e. The van der Waals surface area contributed by atoms with Crippen molar-refractivity contribution >= 4 is 40.7 Å². The van der Waals surface area contributed by atoms with Crippen LogP contribution in [0.1, 0.15) is 39.4 Å². The molecule has 29 heavy (non-hydrogen) atoms. The lowest BCUT2D eigenvalue weighted by Crippen LogP contribution is -2.23. The van der Waals surface area contributed by atoms with Crippen LogP contribution in [0.15, 0.2) is 36.5 Å². The van der Waals surface area contributed by atoms with Crippen molar-refractivity contribution < 1.29 is 9.59 Å². The Morgan fingerprint density at radius 2 is 1.79 bits per heavy atom.